The maximum atomic E-state index is 10.8. The predicted molar refractivity (Wildman–Crippen MR) is 44.3 cm³/mol. The van der Waals surface area contributed by atoms with E-state index in [9.17, 15) is 4.79 Å². The molecule has 1 rings (SSSR count). The molecule has 1 fully saturated rings. The molecule has 0 saturated carbocycles. The number of carbonyl (C=O) groups is 1. The second-order valence-corrected chi connectivity index (χ2v) is 3.47. The number of hydrogen-bond acceptors (Lipinski definition) is 2. The van der Waals surface area contributed by atoms with Crippen LogP contribution in [-0.4, -0.2) is 38.0 Å². The van der Waals surface area contributed by atoms with E-state index in [1.54, 1.807) is 0 Å². The van der Waals surface area contributed by atoms with Crippen molar-refractivity contribution in [2.45, 2.75) is 12.8 Å². The Morgan fingerprint density at radius 1 is 1.64 bits per heavy atom. The average molecular weight is 156 g/mol. The van der Waals surface area contributed by atoms with Gasteiger partial charge < -0.3 is 10.2 Å². The first kappa shape index (κ1) is 8.53. The number of hydrogen-bond donors (Lipinski definition) is 1. The van der Waals surface area contributed by atoms with E-state index in [1.807, 2.05) is 0 Å². The third kappa shape index (κ3) is 2.89. The zero-order valence-corrected chi connectivity index (χ0v) is 7.26. The maximum absolute atomic E-state index is 10.8. The van der Waals surface area contributed by atoms with Crippen LogP contribution in [0.15, 0.2) is 0 Å². The first-order valence-corrected chi connectivity index (χ1v) is 4.10. The van der Waals surface area contributed by atoms with E-state index in [2.05, 4.69) is 24.3 Å². The predicted octanol–water partition coefficient (Wildman–Crippen LogP) is 0.0742. The average Bonchev–Trinajstić information content (AvgIpc) is 1.93. The van der Waals surface area contributed by atoms with Crippen molar-refractivity contribution >= 4 is 5.91 Å². The fraction of sp³-hybridized carbons (Fsp3) is 0.875. The van der Waals surface area contributed by atoms with Crippen LogP contribution in [0.25, 0.3) is 0 Å². The van der Waals surface area contributed by atoms with Gasteiger partial charge in [0.25, 0.3) is 0 Å². The molecule has 3 nitrogen and oxygen atoms in total. The molecule has 1 unspecified atom stereocenters. The number of rotatable bonds is 2. The minimum absolute atomic E-state index is 0.208. The van der Waals surface area contributed by atoms with Gasteiger partial charge in [0.05, 0.1) is 0 Å². The maximum Gasteiger partial charge on any atom is 0.220 e. The normalized spacial score (nSPS) is 25.4. The van der Waals surface area contributed by atoms with Crippen LogP contribution >= 0.6 is 0 Å². The molecule has 0 bridgehead atoms. The number of nitrogens with one attached hydrogen (secondary N) is 1. The van der Waals surface area contributed by atoms with E-state index < -0.39 is 0 Å². The fourth-order valence-corrected chi connectivity index (χ4v) is 1.46. The molecule has 3 heteroatoms. The van der Waals surface area contributed by atoms with Crippen LogP contribution in [0.5, 0.6) is 0 Å². The Hall–Kier alpha value is -0.570. The molecule has 1 aliphatic heterocycles. The Kier molecular flexibility index (Phi) is 2.88. The molecule has 0 aromatic carbocycles. The van der Waals surface area contributed by atoms with Gasteiger partial charge in [-0.05, 0) is 26.4 Å². The Balaban J connectivity index is 2.22. The summed E-state index contributed by atoms with van der Waals surface area (Å²) in [5.41, 5.74) is 0. The van der Waals surface area contributed by atoms with Gasteiger partial charge in [-0.15, -0.1) is 0 Å². The molecule has 1 heterocycles. The minimum atomic E-state index is 0.208. The summed E-state index contributed by atoms with van der Waals surface area (Å²) in [5.74, 6) is 0.864. The summed E-state index contributed by atoms with van der Waals surface area (Å²) in [6.07, 6.45) is 1.75. The van der Waals surface area contributed by atoms with E-state index in [0.717, 1.165) is 19.5 Å². The lowest BCUT2D eigenvalue weighted by molar-refractivity contribution is -0.123. The highest BCUT2D eigenvalue weighted by molar-refractivity contribution is 5.76. The van der Waals surface area contributed by atoms with Crippen molar-refractivity contribution in [1.29, 1.82) is 0 Å². The molecule has 1 N–H and O–H groups in total. The lowest BCUT2D eigenvalue weighted by Crippen LogP contribution is -2.39. The third-order valence-corrected chi connectivity index (χ3v) is 1.99. The molecule has 0 radical (unpaired) electrons. The molecule has 11 heavy (non-hydrogen) atoms. The Morgan fingerprint density at radius 2 is 2.36 bits per heavy atom. The van der Waals surface area contributed by atoms with Crippen LogP contribution in [0.4, 0.5) is 0 Å². The molecule has 1 aliphatic rings. The second kappa shape index (κ2) is 3.72. The van der Waals surface area contributed by atoms with Crippen molar-refractivity contribution in [2.75, 3.05) is 27.2 Å². The summed E-state index contributed by atoms with van der Waals surface area (Å²) in [4.78, 5) is 12.9. The van der Waals surface area contributed by atoms with E-state index in [0.29, 0.717) is 12.3 Å². The summed E-state index contributed by atoms with van der Waals surface area (Å²) in [5, 5.41) is 2.87. The first-order chi connectivity index (χ1) is 5.18. The molecular weight excluding hydrogens is 140 g/mol. The SMILES string of the molecule is CN(C)CC1CCC(=O)NC1. The second-order valence-electron chi connectivity index (χ2n) is 3.47. The summed E-state index contributed by atoms with van der Waals surface area (Å²) in [7, 11) is 4.13. The molecule has 64 valence electrons. The topological polar surface area (TPSA) is 32.3 Å². The van der Waals surface area contributed by atoms with Gasteiger partial charge in [-0.1, -0.05) is 0 Å². The molecule has 1 saturated heterocycles. The summed E-state index contributed by atoms with van der Waals surface area (Å²) >= 11 is 0. The van der Waals surface area contributed by atoms with Gasteiger partial charge in [-0.25, -0.2) is 0 Å². The summed E-state index contributed by atoms with van der Waals surface area (Å²) in [6.45, 7) is 1.94. The van der Waals surface area contributed by atoms with Gasteiger partial charge in [-0.2, -0.15) is 0 Å². The molecule has 0 aromatic rings. The number of carbonyl (C=O) groups excluding carboxylic acids is 1. The van der Waals surface area contributed by atoms with Gasteiger partial charge in [0, 0.05) is 19.5 Å². The third-order valence-electron chi connectivity index (χ3n) is 1.99. The van der Waals surface area contributed by atoms with Crippen molar-refractivity contribution in [3.63, 3.8) is 0 Å². The van der Waals surface area contributed by atoms with E-state index in [-0.39, 0.29) is 5.91 Å². The van der Waals surface area contributed by atoms with Crippen LogP contribution in [0.1, 0.15) is 12.8 Å². The molecule has 0 spiro atoms. The molecular formula is C8H16N2O. The van der Waals surface area contributed by atoms with Gasteiger partial charge in [0.1, 0.15) is 0 Å². The van der Waals surface area contributed by atoms with Crippen LogP contribution in [0.3, 0.4) is 0 Å². The van der Waals surface area contributed by atoms with Crippen molar-refractivity contribution in [2.24, 2.45) is 5.92 Å². The van der Waals surface area contributed by atoms with Gasteiger partial charge in [0.15, 0.2) is 0 Å². The molecule has 0 aromatic heterocycles. The summed E-state index contributed by atoms with van der Waals surface area (Å²) in [6, 6.07) is 0. The van der Waals surface area contributed by atoms with Crippen LogP contribution in [0, 0.1) is 5.92 Å². The largest absolute Gasteiger partial charge is 0.356 e. The van der Waals surface area contributed by atoms with E-state index in [1.165, 1.54) is 0 Å². The highest BCUT2D eigenvalue weighted by atomic mass is 16.1. The standard InChI is InChI=1S/C8H16N2O/c1-10(2)6-7-3-4-8(11)9-5-7/h7H,3-6H2,1-2H3,(H,9,11). The van der Waals surface area contributed by atoms with Crippen molar-refractivity contribution in [3.05, 3.63) is 0 Å². The van der Waals surface area contributed by atoms with E-state index >= 15 is 0 Å². The molecule has 0 aliphatic carbocycles. The summed E-state index contributed by atoms with van der Waals surface area (Å²) < 4.78 is 0. The van der Waals surface area contributed by atoms with Crippen LogP contribution < -0.4 is 5.32 Å². The molecule has 1 atom stereocenters. The highest BCUT2D eigenvalue weighted by Gasteiger charge is 2.17. The van der Waals surface area contributed by atoms with Crippen LogP contribution in [0.2, 0.25) is 0 Å². The minimum Gasteiger partial charge on any atom is -0.356 e. The Labute approximate surface area is 67.8 Å². The van der Waals surface area contributed by atoms with E-state index in [4.69, 9.17) is 0 Å². The highest BCUT2D eigenvalue weighted by Crippen LogP contribution is 2.10. The van der Waals surface area contributed by atoms with Gasteiger partial charge in [0.2, 0.25) is 5.91 Å². The lowest BCUT2D eigenvalue weighted by Gasteiger charge is -2.24. The van der Waals surface area contributed by atoms with Crippen molar-refractivity contribution in [1.82, 2.24) is 10.2 Å². The zero-order chi connectivity index (χ0) is 8.27. The lowest BCUT2D eigenvalue weighted by atomic mass is 9.99. The smallest absolute Gasteiger partial charge is 0.220 e. The van der Waals surface area contributed by atoms with Crippen molar-refractivity contribution < 1.29 is 4.79 Å². The number of amides is 1. The fourth-order valence-electron chi connectivity index (χ4n) is 1.46. The van der Waals surface area contributed by atoms with Gasteiger partial charge in [-0.3, -0.25) is 4.79 Å². The quantitative estimate of drug-likeness (QED) is 0.614. The number of piperidine rings is 1. The first-order valence-electron chi connectivity index (χ1n) is 4.10. The van der Waals surface area contributed by atoms with Crippen molar-refractivity contribution in [3.8, 4) is 0 Å². The Morgan fingerprint density at radius 3 is 2.82 bits per heavy atom. The monoisotopic (exact) mass is 156 g/mol. The molecule has 1 amide bonds. The number of nitrogens with zero attached hydrogens (tertiary/aromatic N) is 1. The Bertz CT molecular complexity index is 135. The van der Waals surface area contributed by atoms with Crippen LogP contribution in [-0.2, 0) is 4.79 Å². The zero-order valence-electron chi connectivity index (χ0n) is 7.26. The van der Waals surface area contributed by atoms with Gasteiger partial charge >= 0.3 is 0 Å².